The van der Waals surface area contributed by atoms with Gasteiger partial charge >= 0.3 is 0 Å². The second kappa shape index (κ2) is 3.73. The van der Waals surface area contributed by atoms with Crippen molar-refractivity contribution in [3.05, 3.63) is 35.8 Å². The summed E-state index contributed by atoms with van der Waals surface area (Å²) in [6, 6.07) is 6.60. The number of benzene rings is 1. The third-order valence-corrected chi connectivity index (χ3v) is 2.85. The monoisotopic (exact) mass is 202 g/mol. The van der Waals surface area contributed by atoms with Crippen LogP contribution in [0.25, 0.3) is 10.8 Å². The largest absolute Gasteiger partial charge is 0.468 e. The van der Waals surface area contributed by atoms with Gasteiger partial charge in [-0.05, 0) is 17.5 Å². The fourth-order valence-corrected chi connectivity index (χ4v) is 1.89. The highest BCUT2D eigenvalue weighted by Crippen LogP contribution is 2.29. The molecule has 1 heteroatoms. The number of hydrogen-bond donors (Lipinski definition) is 0. The van der Waals surface area contributed by atoms with E-state index < -0.39 is 0 Å². The quantitative estimate of drug-likeness (QED) is 0.689. The molecule has 1 nitrogen and oxygen atoms in total. The molecule has 0 aliphatic heterocycles. The Balaban J connectivity index is 2.61. The van der Waals surface area contributed by atoms with E-state index in [4.69, 9.17) is 4.42 Å². The minimum Gasteiger partial charge on any atom is -0.468 e. The van der Waals surface area contributed by atoms with Crippen LogP contribution < -0.4 is 0 Å². The summed E-state index contributed by atoms with van der Waals surface area (Å²) in [7, 11) is 0. The zero-order valence-corrected chi connectivity index (χ0v) is 9.87. The van der Waals surface area contributed by atoms with Crippen LogP contribution in [0.4, 0.5) is 0 Å². The molecule has 0 amide bonds. The lowest BCUT2D eigenvalue weighted by Gasteiger charge is -2.06. The van der Waals surface area contributed by atoms with Crippen molar-refractivity contribution in [2.24, 2.45) is 0 Å². The summed E-state index contributed by atoms with van der Waals surface area (Å²) in [5, 5.41) is 2.49. The summed E-state index contributed by atoms with van der Waals surface area (Å²) < 4.78 is 5.61. The number of hydrogen-bond acceptors (Lipinski definition) is 1. The maximum Gasteiger partial charge on any atom is 0.114 e. The average molecular weight is 202 g/mol. The van der Waals surface area contributed by atoms with Crippen LogP contribution in [-0.2, 0) is 0 Å². The molecular formula is C14H18O. The Kier molecular flexibility index (Phi) is 2.56. The Morgan fingerprint density at radius 3 is 2.33 bits per heavy atom. The smallest absolute Gasteiger partial charge is 0.114 e. The predicted molar refractivity (Wildman–Crippen MR) is 64.4 cm³/mol. The minimum absolute atomic E-state index is 0.449. The van der Waals surface area contributed by atoms with Gasteiger partial charge in [0.15, 0.2) is 0 Å². The summed E-state index contributed by atoms with van der Waals surface area (Å²) in [6.07, 6.45) is 1.86. The zero-order chi connectivity index (χ0) is 11.0. The predicted octanol–water partition coefficient (Wildman–Crippen LogP) is 4.68. The van der Waals surface area contributed by atoms with Crippen LogP contribution in [0, 0.1) is 0 Å². The Morgan fingerprint density at radius 1 is 1.00 bits per heavy atom. The minimum atomic E-state index is 0.449. The van der Waals surface area contributed by atoms with Crippen molar-refractivity contribution >= 4 is 10.8 Å². The van der Waals surface area contributed by atoms with E-state index in [0.717, 1.165) is 5.76 Å². The summed E-state index contributed by atoms with van der Waals surface area (Å²) >= 11 is 0. The molecule has 0 unspecified atom stereocenters. The van der Waals surface area contributed by atoms with Gasteiger partial charge in [-0.2, -0.15) is 0 Å². The van der Waals surface area contributed by atoms with Gasteiger partial charge < -0.3 is 4.42 Å². The molecule has 0 aliphatic carbocycles. The van der Waals surface area contributed by atoms with Crippen molar-refractivity contribution in [2.45, 2.75) is 39.5 Å². The van der Waals surface area contributed by atoms with Crippen molar-refractivity contribution in [3.8, 4) is 0 Å². The van der Waals surface area contributed by atoms with Crippen molar-refractivity contribution in [3.63, 3.8) is 0 Å². The van der Waals surface area contributed by atoms with Crippen LogP contribution >= 0.6 is 0 Å². The van der Waals surface area contributed by atoms with Gasteiger partial charge in [0, 0.05) is 16.7 Å². The molecule has 2 rings (SSSR count). The lowest BCUT2D eigenvalue weighted by atomic mass is 9.98. The van der Waals surface area contributed by atoms with Gasteiger partial charge in [0.2, 0.25) is 0 Å². The van der Waals surface area contributed by atoms with Crippen LogP contribution in [-0.4, -0.2) is 0 Å². The molecule has 0 saturated heterocycles. The molecule has 0 atom stereocenters. The first-order valence-electron chi connectivity index (χ1n) is 5.60. The normalized spacial score (nSPS) is 11.9. The van der Waals surface area contributed by atoms with E-state index in [1.54, 1.807) is 0 Å². The van der Waals surface area contributed by atoms with Crippen LogP contribution in [0.3, 0.4) is 0 Å². The van der Waals surface area contributed by atoms with Gasteiger partial charge in [0.25, 0.3) is 0 Å². The zero-order valence-electron chi connectivity index (χ0n) is 9.87. The third-order valence-electron chi connectivity index (χ3n) is 2.85. The Hall–Kier alpha value is -1.24. The first-order valence-corrected chi connectivity index (χ1v) is 5.60. The molecule has 0 aliphatic rings. The van der Waals surface area contributed by atoms with Crippen LogP contribution in [0.5, 0.6) is 0 Å². The molecule has 0 bridgehead atoms. The van der Waals surface area contributed by atoms with E-state index in [-0.39, 0.29) is 0 Å². The molecule has 80 valence electrons. The number of fused-ring (bicyclic) bond motifs is 1. The Morgan fingerprint density at radius 2 is 1.73 bits per heavy atom. The Labute approximate surface area is 91.1 Å². The summed E-state index contributed by atoms with van der Waals surface area (Å²) in [6.45, 7) is 8.77. The van der Waals surface area contributed by atoms with E-state index >= 15 is 0 Å². The molecule has 15 heavy (non-hydrogen) atoms. The van der Waals surface area contributed by atoms with Crippen molar-refractivity contribution in [1.82, 2.24) is 0 Å². The fourth-order valence-electron chi connectivity index (χ4n) is 1.89. The standard InChI is InChI=1S/C14H18O/c1-9(2)11-5-6-12-8-15-14(10(3)4)13(12)7-11/h5-10H,1-4H3. The molecule has 1 aromatic heterocycles. The topological polar surface area (TPSA) is 13.1 Å². The molecule has 0 radical (unpaired) electrons. The van der Waals surface area contributed by atoms with Crippen molar-refractivity contribution in [1.29, 1.82) is 0 Å². The first-order chi connectivity index (χ1) is 7.09. The van der Waals surface area contributed by atoms with E-state index in [0.29, 0.717) is 11.8 Å². The van der Waals surface area contributed by atoms with E-state index in [9.17, 15) is 0 Å². The molecule has 1 aromatic carbocycles. The van der Waals surface area contributed by atoms with Gasteiger partial charge in [-0.3, -0.25) is 0 Å². The van der Waals surface area contributed by atoms with Gasteiger partial charge in [-0.15, -0.1) is 0 Å². The summed E-state index contributed by atoms with van der Waals surface area (Å²) in [5.74, 6) is 2.13. The van der Waals surface area contributed by atoms with Crippen molar-refractivity contribution in [2.75, 3.05) is 0 Å². The summed E-state index contributed by atoms with van der Waals surface area (Å²) in [5.41, 5.74) is 1.38. The number of rotatable bonds is 2. The van der Waals surface area contributed by atoms with Gasteiger partial charge in [-0.25, -0.2) is 0 Å². The highest BCUT2D eigenvalue weighted by molar-refractivity contribution is 5.85. The molecule has 0 N–H and O–H groups in total. The molecule has 0 spiro atoms. The Bertz CT molecular complexity index is 463. The van der Waals surface area contributed by atoms with Crippen molar-refractivity contribution < 1.29 is 4.42 Å². The maximum absolute atomic E-state index is 5.61. The van der Waals surface area contributed by atoms with Crippen LogP contribution in [0.15, 0.2) is 28.9 Å². The highest BCUT2D eigenvalue weighted by Gasteiger charge is 2.11. The number of furan rings is 1. The lowest BCUT2D eigenvalue weighted by Crippen LogP contribution is -1.88. The van der Waals surface area contributed by atoms with Crippen LogP contribution in [0.1, 0.15) is 50.9 Å². The third kappa shape index (κ3) is 1.79. The second-order valence-corrected chi connectivity index (χ2v) is 4.76. The summed E-state index contributed by atoms with van der Waals surface area (Å²) in [4.78, 5) is 0. The fraction of sp³-hybridized carbons (Fsp3) is 0.429. The van der Waals surface area contributed by atoms with Gasteiger partial charge in [0.05, 0.1) is 6.26 Å². The van der Waals surface area contributed by atoms with Gasteiger partial charge in [0.1, 0.15) is 5.76 Å². The van der Waals surface area contributed by atoms with E-state index in [2.05, 4.69) is 45.9 Å². The van der Waals surface area contributed by atoms with Crippen LogP contribution in [0.2, 0.25) is 0 Å². The first kappa shape index (κ1) is 10.3. The maximum atomic E-state index is 5.61. The molecule has 2 aromatic rings. The lowest BCUT2D eigenvalue weighted by molar-refractivity contribution is 0.492. The SMILES string of the molecule is CC(C)c1ccc2coc(C(C)C)c2c1. The second-order valence-electron chi connectivity index (χ2n) is 4.76. The highest BCUT2D eigenvalue weighted by atomic mass is 16.3. The average Bonchev–Trinajstić information content (AvgIpc) is 2.59. The molecule has 1 heterocycles. The van der Waals surface area contributed by atoms with E-state index in [1.807, 2.05) is 6.26 Å². The van der Waals surface area contributed by atoms with Gasteiger partial charge in [-0.1, -0.05) is 39.8 Å². The molecule has 0 saturated carbocycles. The van der Waals surface area contributed by atoms with E-state index in [1.165, 1.54) is 16.3 Å². The molecular weight excluding hydrogens is 184 g/mol. The molecule has 0 fully saturated rings.